The van der Waals surface area contributed by atoms with Gasteiger partial charge in [-0.25, -0.2) is 0 Å². The summed E-state index contributed by atoms with van der Waals surface area (Å²) in [5.41, 5.74) is 2.88. The van der Waals surface area contributed by atoms with Gasteiger partial charge in [0.1, 0.15) is 11.5 Å². The highest BCUT2D eigenvalue weighted by atomic mass is 16.5. The number of carboxylic acid groups (broad SMARTS) is 1. The lowest BCUT2D eigenvalue weighted by Gasteiger charge is -2.13. The van der Waals surface area contributed by atoms with Gasteiger partial charge < -0.3 is 19.1 Å². The van der Waals surface area contributed by atoms with Crippen LogP contribution in [0.3, 0.4) is 0 Å². The van der Waals surface area contributed by atoms with E-state index in [1.807, 2.05) is 30.5 Å². The maximum absolute atomic E-state index is 10.8. The number of benzene rings is 1. The van der Waals surface area contributed by atoms with E-state index in [1.54, 1.807) is 14.2 Å². The molecule has 5 heteroatoms. The van der Waals surface area contributed by atoms with Crippen molar-refractivity contribution >= 4 is 16.9 Å². The highest BCUT2D eigenvalue weighted by Gasteiger charge is 2.16. The van der Waals surface area contributed by atoms with Crippen LogP contribution in [0.25, 0.3) is 10.9 Å². The molecule has 0 aliphatic rings. The topological polar surface area (TPSA) is 60.7 Å². The highest BCUT2D eigenvalue weighted by molar-refractivity contribution is 5.91. The summed E-state index contributed by atoms with van der Waals surface area (Å²) in [4.78, 5) is 10.8. The first-order valence-electron chi connectivity index (χ1n) is 6.42. The van der Waals surface area contributed by atoms with E-state index in [4.69, 9.17) is 14.6 Å². The largest absolute Gasteiger partial charge is 0.496 e. The van der Waals surface area contributed by atoms with Gasteiger partial charge in [0.2, 0.25) is 0 Å². The Morgan fingerprint density at radius 2 is 1.95 bits per heavy atom. The van der Waals surface area contributed by atoms with Gasteiger partial charge in [-0.3, -0.25) is 4.79 Å². The molecular weight excluding hydrogens is 258 g/mol. The number of carbonyl (C=O) groups is 1. The molecule has 5 nitrogen and oxygen atoms in total. The number of aromatic nitrogens is 1. The summed E-state index contributed by atoms with van der Waals surface area (Å²) in [6.45, 7) is 4.34. The molecule has 2 aromatic rings. The summed E-state index contributed by atoms with van der Waals surface area (Å²) in [6.07, 6.45) is 0.0864. The predicted molar refractivity (Wildman–Crippen MR) is 76.8 cm³/mol. The van der Waals surface area contributed by atoms with E-state index < -0.39 is 5.97 Å². The van der Waals surface area contributed by atoms with Crippen LogP contribution in [0.15, 0.2) is 12.1 Å². The molecule has 2 rings (SSSR count). The summed E-state index contributed by atoms with van der Waals surface area (Å²) in [5.74, 6) is 0.706. The Morgan fingerprint density at radius 1 is 1.25 bits per heavy atom. The van der Waals surface area contributed by atoms with Gasteiger partial charge >= 0.3 is 5.97 Å². The molecule has 1 aromatic heterocycles. The second-order valence-corrected chi connectivity index (χ2v) is 4.75. The summed E-state index contributed by atoms with van der Waals surface area (Å²) < 4.78 is 12.8. The van der Waals surface area contributed by atoms with Crippen molar-refractivity contribution < 1.29 is 19.4 Å². The zero-order chi connectivity index (χ0) is 14.9. The van der Waals surface area contributed by atoms with E-state index in [0.29, 0.717) is 6.54 Å². The lowest BCUT2D eigenvalue weighted by atomic mass is 10.1. The fraction of sp³-hybridized carbons (Fsp3) is 0.400. The van der Waals surface area contributed by atoms with Crippen molar-refractivity contribution in [1.29, 1.82) is 0 Å². The molecule has 0 amide bonds. The zero-order valence-electron chi connectivity index (χ0n) is 12.2. The third kappa shape index (κ3) is 2.31. The molecule has 0 saturated heterocycles. The van der Waals surface area contributed by atoms with Crippen LogP contribution in [0, 0.1) is 13.8 Å². The average molecular weight is 277 g/mol. The first kappa shape index (κ1) is 14.2. The number of aryl methyl sites for hydroxylation is 2. The number of fused-ring (bicyclic) bond motifs is 1. The Bertz CT molecular complexity index is 658. The van der Waals surface area contributed by atoms with Gasteiger partial charge in [0.05, 0.1) is 26.2 Å². The predicted octanol–water partition coefficient (Wildman–Crippen LogP) is 2.75. The van der Waals surface area contributed by atoms with Crippen molar-refractivity contribution in [2.24, 2.45) is 0 Å². The van der Waals surface area contributed by atoms with Crippen LogP contribution in [0.5, 0.6) is 11.5 Å². The molecule has 0 saturated carbocycles. The number of hydrogen-bond acceptors (Lipinski definition) is 3. The monoisotopic (exact) mass is 277 g/mol. The number of nitrogens with zero attached hydrogens (tertiary/aromatic N) is 1. The van der Waals surface area contributed by atoms with Crippen molar-refractivity contribution in [2.45, 2.75) is 26.8 Å². The standard InChI is InChI=1S/C15H19NO4/c1-9-7-11-12(16(9)6-5-14(17)18)8-13(19-3)10(2)15(11)20-4/h7-8H,5-6H2,1-4H3,(H,17,18). The average Bonchev–Trinajstić information content (AvgIpc) is 2.71. The van der Waals surface area contributed by atoms with Crippen LogP contribution < -0.4 is 9.47 Å². The maximum Gasteiger partial charge on any atom is 0.305 e. The fourth-order valence-electron chi connectivity index (χ4n) is 2.56. The minimum Gasteiger partial charge on any atom is -0.496 e. The Kier molecular flexibility index (Phi) is 3.88. The normalized spacial score (nSPS) is 10.8. The molecule has 0 bridgehead atoms. The van der Waals surface area contributed by atoms with Crippen LogP contribution in [0.4, 0.5) is 0 Å². The Labute approximate surface area is 117 Å². The van der Waals surface area contributed by atoms with Crippen LogP contribution in [-0.2, 0) is 11.3 Å². The number of hydrogen-bond donors (Lipinski definition) is 1. The van der Waals surface area contributed by atoms with E-state index in [2.05, 4.69) is 0 Å². The Hall–Kier alpha value is -2.17. The number of aliphatic carboxylic acids is 1. The minimum absolute atomic E-state index is 0.0864. The summed E-state index contributed by atoms with van der Waals surface area (Å²) in [7, 11) is 3.25. The molecule has 1 heterocycles. The van der Waals surface area contributed by atoms with Crippen LogP contribution in [0.2, 0.25) is 0 Å². The van der Waals surface area contributed by atoms with Crippen molar-refractivity contribution in [3.63, 3.8) is 0 Å². The van der Waals surface area contributed by atoms with Crippen LogP contribution in [0.1, 0.15) is 17.7 Å². The molecule has 1 aromatic carbocycles. The van der Waals surface area contributed by atoms with Crippen molar-refractivity contribution in [1.82, 2.24) is 4.57 Å². The molecule has 0 atom stereocenters. The molecule has 0 spiro atoms. The first-order valence-corrected chi connectivity index (χ1v) is 6.42. The summed E-state index contributed by atoms with van der Waals surface area (Å²) >= 11 is 0. The van der Waals surface area contributed by atoms with Crippen molar-refractivity contribution in [3.8, 4) is 11.5 Å². The van der Waals surface area contributed by atoms with E-state index in [1.165, 1.54) is 0 Å². The second kappa shape index (κ2) is 5.45. The molecular formula is C15H19NO4. The number of rotatable bonds is 5. The molecule has 0 aliphatic heterocycles. The van der Waals surface area contributed by atoms with Crippen molar-refractivity contribution in [2.75, 3.05) is 14.2 Å². The van der Waals surface area contributed by atoms with Crippen LogP contribution in [-0.4, -0.2) is 29.9 Å². The fourth-order valence-corrected chi connectivity index (χ4v) is 2.56. The van der Waals surface area contributed by atoms with E-state index >= 15 is 0 Å². The van der Waals surface area contributed by atoms with E-state index in [-0.39, 0.29) is 6.42 Å². The minimum atomic E-state index is -0.808. The SMILES string of the molecule is COc1cc2c(cc(C)n2CCC(=O)O)c(OC)c1C. The molecule has 108 valence electrons. The van der Waals surface area contributed by atoms with Gasteiger partial charge in [0.25, 0.3) is 0 Å². The van der Waals surface area contributed by atoms with Gasteiger partial charge in [-0.05, 0) is 19.9 Å². The van der Waals surface area contributed by atoms with E-state index in [0.717, 1.165) is 33.7 Å². The molecule has 1 N–H and O–H groups in total. The van der Waals surface area contributed by atoms with Gasteiger partial charge in [-0.15, -0.1) is 0 Å². The molecule has 0 fully saturated rings. The molecule has 0 unspecified atom stereocenters. The highest BCUT2D eigenvalue weighted by Crippen LogP contribution is 2.37. The first-order chi connectivity index (χ1) is 9.49. The van der Waals surface area contributed by atoms with Gasteiger partial charge in [-0.2, -0.15) is 0 Å². The smallest absolute Gasteiger partial charge is 0.305 e. The molecule has 20 heavy (non-hydrogen) atoms. The third-order valence-electron chi connectivity index (χ3n) is 3.54. The van der Waals surface area contributed by atoms with Gasteiger partial charge in [0.15, 0.2) is 0 Å². The van der Waals surface area contributed by atoms with Crippen LogP contribution >= 0.6 is 0 Å². The zero-order valence-corrected chi connectivity index (χ0v) is 12.2. The third-order valence-corrected chi connectivity index (χ3v) is 3.54. The quantitative estimate of drug-likeness (QED) is 0.913. The maximum atomic E-state index is 10.8. The summed E-state index contributed by atoms with van der Waals surface area (Å²) in [5, 5.41) is 9.84. The number of ether oxygens (including phenoxy) is 2. The number of carboxylic acids is 1. The molecule has 0 radical (unpaired) electrons. The Balaban J connectivity index is 2.65. The number of methoxy groups -OCH3 is 2. The molecule has 0 aliphatic carbocycles. The van der Waals surface area contributed by atoms with Gasteiger partial charge in [-0.1, -0.05) is 0 Å². The van der Waals surface area contributed by atoms with E-state index in [9.17, 15) is 4.79 Å². The van der Waals surface area contributed by atoms with Crippen molar-refractivity contribution in [3.05, 3.63) is 23.4 Å². The lowest BCUT2D eigenvalue weighted by Crippen LogP contribution is -2.06. The lowest BCUT2D eigenvalue weighted by molar-refractivity contribution is -0.137. The second-order valence-electron chi connectivity index (χ2n) is 4.75. The Morgan fingerprint density at radius 3 is 2.50 bits per heavy atom. The summed E-state index contributed by atoms with van der Waals surface area (Å²) in [6, 6.07) is 3.95. The van der Waals surface area contributed by atoms with Gasteiger partial charge in [0, 0.05) is 29.3 Å².